The average Bonchev–Trinajstić information content (AvgIpc) is 2.59. The fraction of sp³-hybridized carbons (Fsp3) is 0.143. The Bertz CT molecular complexity index is 838. The first kappa shape index (κ1) is 15.9. The zero-order valence-electron chi connectivity index (χ0n) is 13.8. The lowest BCUT2D eigenvalue weighted by atomic mass is 10.0. The number of nitrogens with zero attached hydrogens (tertiary/aromatic N) is 2. The van der Waals surface area contributed by atoms with Crippen molar-refractivity contribution < 1.29 is 0 Å². The number of hydrogen-bond donors (Lipinski definition) is 1. The summed E-state index contributed by atoms with van der Waals surface area (Å²) in [7, 11) is 0. The van der Waals surface area contributed by atoms with E-state index in [0.717, 1.165) is 17.5 Å². The molecule has 0 atom stereocenters. The summed E-state index contributed by atoms with van der Waals surface area (Å²) in [6.07, 6.45) is 3.19. The second-order valence-electron chi connectivity index (χ2n) is 5.85. The maximum Gasteiger partial charge on any atom is 0.157 e. The molecule has 1 heterocycles. The Hall–Kier alpha value is -2.94. The fourth-order valence-corrected chi connectivity index (χ4v) is 2.66. The van der Waals surface area contributed by atoms with Gasteiger partial charge < -0.3 is 5.73 Å². The summed E-state index contributed by atoms with van der Waals surface area (Å²) in [5.41, 5.74) is 10.9. The van der Waals surface area contributed by atoms with Crippen molar-refractivity contribution in [2.75, 3.05) is 0 Å². The van der Waals surface area contributed by atoms with Crippen LogP contribution in [0.1, 0.15) is 22.3 Å². The highest BCUT2D eigenvalue weighted by atomic mass is 15.0. The molecule has 3 nitrogen and oxygen atoms in total. The molecule has 2 N–H and O–H groups in total. The minimum absolute atomic E-state index is 0.575. The molecule has 24 heavy (non-hydrogen) atoms. The lowest BCUT2D eigenvalue weighted by molar-refractivity contribution is 1.10. The number of benzene rings is 2. The van der Waals surface area contributed by atoms with Gasteiger partial charge in [-0.2, -0.15) is 0 Å². The number of hydrogen-bond acceptors (Lipinski definition) is 2. The summed E-state index contributed by atoms with van der Waals surface area (Å²) in [4.78, 5) is 8.98. The molecule has 2 aromatic carbocycles. The van der Waals surface area contributed by atoms with Gasteiger partial charge in [0.25, 0.3) is 0 Å². The van der Waals surface area contributed by atoms with Crippen LogP contribution in [0.4, 0.5) is 5.82 Å². The summed E-state index contributed by atoms with van der Waals surface area (Å²) in [6.45, 7) is 2.12. The van der Waals surface area contributed by atoms with E-state index < -0.39 is 0 Å². The third kappa shape index (κ3) is 4.07. The van der Waals surface area contributed by atoms with E-state index in [1.165, 1.54) is 11.1 Å². The first-order valence-corrected chi connectivity index (χ1v) is 8.08. The van der Waals surface area contributed by atoms with E-state index in [4.69, 9.17) is 5.73 Å². The van der Waals surface area contributed by atoms with Crippen molar-refractivity contribution in [3.8, 4) is 0 Å². The first-order valence-electron chi connectivity index (χ1n) is 8.08. The predicted molar refractivity (Wildman–Crippen MR) is 99.7 cm³/mol. The predicted octanol–water partition coefficient (Wildman–Crippen LogP) is 4.21. The lowest BCUT2D eigenvalue weighted by Crippen LogP contribution is -2.14. The quantitative estimate of drug-likeness (QED) is 0.566. The fourth-order valence-electron chi connectivity index (χ4n) is 2.66. The molecule has 0 amide bonds. The molecule has 0 aliphatic rings. The molecular weight excluding hydrogens is 294 g/mol. The third-order valence-corrected chi connectivity index (χ3v) is 3.99. The molecule has 3 aromatic rings. The van der Waals surface area contributed by atoms with Crippen molar-refractivity contribution in [2.45, 2.75) is 19.8 Å². The molecule has 120 valence electrons. The zero-order chi connectivity index (χ0) is 16.8. The topological polar surface area (TPSA) is 51.3 Å². The Morgan fingerprint density at radius 3 is 2.42 bits per heavy atom. The van der Waals surface area contributed by atoms with E-state index in [2.05, 4.69) is 59.4 Å². The SMILES string of the molecule is Cc1ccccc1Cc1cccnc1N=C(N)Cc1ccccc1. The molecular formula is C21H21N3. The van der Waals surface area contributed by atoms with Crippen LogP contribution in [-0.2, 0) is 12.8 Å². The average molecular weight is 315 g/mol. The zero-order valence-corrected chi connectivity index (χ0v) is 13.8. The van der Waals surface area contributed by atoms with Crippen molar-refractivity contribution in [1.29, 1.82) is 0 Å². The van der Waals surface area contributed by atoms with Crippen molar-refractivity contribution in [3.05, 3.63) is 95.2 Å². The standard InChI is InChI=1S/C21H21N3/c1-16-8-5-6-11-18(16)15-19-12-7-13-23-21(19)24-20(22)14-17-9-3-2-4-10-17/h2-13H,14-15H2,1H3,(H2,22,23,24). The molecule has 0 radical (unpaired) electrons. The molecule has 0 aliphatic carbocycles. The Morgan fingerprint density at radius 1 is 0.917 bits per heavy atom. The van der Waals surface area contributed by atoms with Gasteiger partial charge in [-0.3, -0.25) is 0 Å². The van der Waals surface area contributed by atoms with E-state index in [0.29, 0.717) is 18.1 Å². The van der Waals surface area contributed by atoms with Gasteiger partial charge in [-0.25, -0.2) is 9.98 Å². The van der Waals surface area contributed by atoms with Crippen LogP contribution in [0.5, 0.6) is 0 Å². The van der Waals surface area contributed by atoms with Gasteiger partial charge in [0, 0.05) is 24.6 Å². The van der Waals surface area contributed by atoms with Crippen molar-refractivity contribution >= 4 is 11.7 Å². The van der Waals surface area contributed by atoms with Gasteiger partial charge in [0.05, 0.1) is 0 Å². The van der Waals surface area contributed by atoms with E-state index >= 15 is 0 Å². The number of aromatic nitrogens is 1. The molecule has 1 aromatic heterocycles. The van der Waals surface area contributed by atoms with E-state index in [1.54, 1.807) is 6.20 Å². The van der Waals surface area contributed by atoms with Crippen LogP contribution < -0.4 is 5.73 Å². The Balaban J connectivity index is 1.84. The smallest absolute Gasteiger partial charge is 0.157 e. The summed E-state index contributed by atoms with van der Waals surface area (Å²) >= 11 is 0. The van der Waals surface area contributed by atoms with Gasteiger partial charge >= 0.3 is 0 Å². The van der Waals surface area contributed by atoms with E-state index in [-0.39, 0.29) is 0 Å². The van der Waals surface area contributed by atoms with Crippen molar-refractivity contribution in [3.63, 3.8) is 0 Å². The van der Waals surface area contributed by atoms with Gasteiger partial charge in [-0.15, -0.1) is 0 Å². The Labute approximate surface area is 142 Å². The summed E-state index contributed by atoms with van der Waals surface area (Å²) in [5, 5.41) is 0. The number of aliphatic imine (C=N–C) groups is 1. The first-order chi connectivity index (χ1) is 11.7. The van der Waals surface area contributed by atoms with Crippen molar-refractivity contribution in [2.24, 2.45) is 10.7 Å². The number of rotatable bonds is 5. The van der Waals surface area contributed by atoms with Crippen LogP contribution in [-0.4, -0.2) is 10.8 Å². The van der Waals surface area contributed by atoms with Crippen LogP contribution in [0.2, 0.25) is 0 Å². The van der Waals surface area contributed by atoms with Crippen LogP contribution >= 0.6 is 0 Å². The van der Waals surface area contributed by atoms with Gasteiger partial charge in [0.15, 0.2) is 5.82 Å². The monoisotopic (exact) mass is 315 g/mol. The maximum atomic E-state index is 6.14. The Morgan fingerprint density at radius 2 is 1.62 bits per heavy atom. The molecule has 0 fully saturated rings. The molecule has 0 spiro atoms. The number of nitrogens with two attached hydrogens (primary N) is 1. The second kappa shape index (κ2) is 7.55. The van der Waals surface area contributed by atoms with Gasteiger partial charge in [-0.05, 0) is 29.7 Å². The summed E-state index contributed by atoms with van der Waals surface area (Å²) in [5.74, 6) is 1.28. The van der Waals surface area contributed by atoms with Crippen LogP contribution in [0, 0.1) is 6.92 Å². The highest BCUT2D eigenvalue weighted by Gasteiger charge is 2.06. The molecule has 0 saturated carbocycles. The van der Waals surface area contributed by atoms with Gasteiger partial charge in [0.1, 0.15) is 5.84 Å². The highest BCUT2D eigenvalue weighted by Crippen LogP contribution is 2.21. The van der Waals surface area contributed by atoms with Gasteiger partial charge in [0.2, 0.25) is 0 Å². The van der Waals surface area contributed by atoms with E-state index in [9.17, 15) is 0 Å². The maximum absolute atomic E-state index is 6.14. The molecule has 0 bridgehead atoms. The van der Waals surface area contributed by atoms with Gasteiger partial charge in [-0.1, -0.05) is 60.7 Å². The van der Waals surface area contributed by atoms with Crippen LogP contribution in [0.3, 0.4) is 0 Å². The number of amidine groups is 1. The van der Waals surface area contributed by atoms with Crippen molar-refractivity contribution in [1.82, 2.24) is 4.98 Å². The van der Waals surface area contributed by atoms with E-state index in [1.807, 2.05) is 24.3 Å². The normalized spacial score (nSPS) is 11.5. The molecule has 0 unspecified atom stereocenters. The molecule has 0 saturated heterocycles. The highest BCUT2D eigenvalue weighted by molar-refractivity contribution is 5.85. The lowest BCUT2D eigenvalue weighted by Gasteiger charge is -2.08. The minimum Gasteiger partial charge on any atom is -0.387 e. The number of pyridine rings is 1. The molecule has 3 rings (SSSR count). The summed E-state index contributed by atoms with van der Waals surface area (Å²) < 4.78 is 0. The van der Waals surface area contributed by atoms with Crippen LogP contribution in [0.25, 0.3) is 0 Å². The minimum atomic E-state index is 0.575. The van der Waals surface area contributed by atoms with Crippen LogP contribution in [0.15, 0.2) is 77.9 Å². The molecule has 0 aliphatic heterocycles. The number of aryl methyl sites for hydroxylation is 1. The second-order valence-corrected chi connectivity index (χ2v) is 5.85. The molecule has 3 heteroatoms. The third-order valence-electron chi connectivity index (χ3n) is 3.99. The summed E-state index contributed by atoms with van der Waals surface area (Å²) in [6, 6.07) is 22.5. The largest absolute Gasteiger partial charge is 0.387 e. The Kier molecular flexibility index (Phi) is 5.02.